The van der Waals surface area contributed by atoms with Crippen molar-refractivity contribution in [2.24, 2.45) is 17.6 Å². The molecule has 3 heteroatoms. The fourth-order valence-corrected chi connectivity index (χ4v) is 3.31. The number of carbonyl (C=O) groups excluding carboxylic acids is 1. The summed E-state index contributed by atoms with van der Waals surface area (Å²) in [6.07, 6.45) is 8.52. The molecule has 2 aliphatic carbocycles. The minimum absolute atomic E-state index is 0.0856. The van der Waals surface area contributed by atoms with Crippen molar-refractivity contribution in [2.45, 2.75) is 63.0 Å². The third-order valence-electron chi connectivity index (χ3n) is 4.88. The van der Waals surface area contributed by atoms with Gasteiger partial charge in [0.25, 0.3) is 0 Å². The Hall–Kier alpha value is -0.410. The van der Waals surface area contributed by atoms with Crippen molar-refractivity contribution in [3.8, 4) is 0 Å². The number of ketones is 1. The minimum Gasteiger partial charge on any atom is -0.375 e. The van der Waals surface area contributed by atoms with Crippen LogP contribution in [0.2, 0.25) is 0 Å². The average molecular weight is 237 g/mol. The topological polar surface area (TPSA) is 52.3 Å². The molecular formula is C14H23NO2. The highest BCUT2D eigenvalue weighted by Crippen LogP contribution is 2.45. The van der Waals surface area contributed by atoms with Gasteiger partial charge in [-0.25, -0.2) is 0 Å². The molecule has 2 unspecified atom stereocenters. The summed E-state index contributed by atoms with van der Waals surface area (Å²) in [6, 6.07) is 0.127. The number of carbonyl (C=O) groups is 1. The van der Waals surface area contributed by atoms with Gasteiger partial charge in [0.2, 0.25) is 0 Å². The molecule has 2 N–H and O–H groups in total. The van der Waals surface area contributed by atoms with Gasteiger partial charge in [-0.15, -0.1) is 0 Å². The lowest BCUT2D eigenvalue weighted by atomic mass is 9.70. The van der Waals surface area contributed by atoms with Crippen molar-refractivity contribution < 1.29 is 9.53 Å². The third-order valence-corrected chi connectivity index (χ3v) is 4.88. The smallest absolute Gasteiger partial charge is 0.137 e. The van der Waals surface area contributed by atoms with E-state index in [0.717, 1.165) is 32.3 Å². The van der Waals surface area contributed by atoms with Gasteiger partial charge in [-0.2, -0.15) is 0 Å². The number of ether oxygens (including phenoxy) is 1. The first-order valence-electron chi connectivity index (χ1n) is 7.11. The number of hydrogen-bond acceptors (Lipinski definition) is 3. The third kappa shape index (κ3) is 2.41. The lowest BCUT2D eigenvalue weighted by Gasteiger charge is -2.47. The summed E-state index contributed by atoms with van der Waals surface area (Å²) in [5.74, 6) is 1.27. The molecule has 1 aliphatic heterocycles. The largest absolute Gasteiger partial charge is 0.375 e. The Balaban J connectivity index is 1.53. The average Bonchev–Trinajstić information content (AvgIpc) is 3.11. The molecule has 0 aromatic heterocycles. The molecular weight excluding hydrogens is 214 g/mol. The van der Waals surface area contributed by atoms with Crippen LogP contribution in [0.1, 0.15) is 51.4 Å². The Kier molecular flexibility index (Phi) is 2.99. The first kappa shape index (κ1) is 11.7. The molecule has 3 fully saturated rings. The first-order chi connectivity index (χ1) is 8.19. The molecule has 96 valence electrons. The SMILES string of the molecule is NC(CC(=O)C1CCOC2(CCC2)C1)C1CC1. The van der Waals surface area contributed by atoms with Gasteiger partial charge in [0.05, 0.1) is 5.60 Å². The highest BCUT2D eigenvalue weighted by molar-refractivity contribution is 5.81. The van der Waals surface area contributed by atoms with Crippen molar-refractivity contribution in [2.75, 3.05) is 6.61 Å². The molecule has 3 rings (SSSR count). The highest BCUT2D eigenvalue weighted by atomic mass is 16.5. The zero-order valence-electron chi connectivity index (χ0n) is 10.5. The summed E-state index contributed by atoms with van der Waals surface area (Å²) in [5, 5.41) is 0. The summed E-state index contributed by atoms with van der Waals surface area (Å²) in [7, 11) is 0. The zero-order valence-corrected chi connectivity index (χ0v) is 10.5. The Bertz CT molecular complexity index is 307. The Morgan fingerprint density at radius 1 is 1.35 bits per heavy atom. The van der Waals surface area contributed by atoms with E-state index in [1.54, 1.807) is 0 Å². The van der Waals surface area contributed by atoms with Gasteiger partial charge in [0, 0.05) is 25.0 Å². The Morgan fingerprint density at radius 3 is 2.71 bits per heavy atom. The fraction of sp³-hybridized carbons (Fsp3) is 0.929. The highest BCUT2D eigenvalue weighted by Gasteiger charge is 2.44. The van der Waals surface area contributed by atoms with Crippen LogP contribution in [-0.2, 0) is 9.53 Å². The van der Waals surface area contributed by atoms with E-state index in [9.17, 15) is 4.79 Å². The number of nitrogens with two attached hydrogens (primary N) is 1. The first-order valence-corrected chi connectivity index (χ1v) is 7.11. The van der Waals surface area contributed by atoms with Gasteiger partial charge in [-0.1, -0.05) is 0 Å². The van der Waals surface area contributed by atoms with Crippen molar-refractivity contribution in [3.63, 3.8) is 0 Å². The second-order valence-corrected chi connectivity index (χ2v) is 6.25. The number of hydrogen-bond donors (Lipinski definition) is 1. The molecule has 0 bridgehead atoms. The molecule has 1 spiro atoms. The van der Waals surface area contributed by atoms with Crippen LogP contribution in [-0.4, -0.2) is 24.0 Å². The lowest BCUT2D eigenvalue weighted by Crippen LogP contribution is -2.47. The van der Waals surface area contributed by atoms with Crippen molar-refractivity contribution in [1.82, 2.24) is 0 Å². The minimum atomic E-state index is 0.0856. The standard InChI is InChI=1S/C14H23NO2/c15-12(10-2-3-10)8-13(16)11-4-7-17-14(9-11)5-1-6-14/h10-12H,1-9,15H2. The summed E-state index contributed by atoms with van der Waals surface area (Å²) < 4.78 is 5.86. The van der Waals surface area contributed by atoms with E-state index in [2.05, 4.69) is 0 Å². The summed E-state index contributed by atoms with van der Waals surface area (Å²) in [5.41, 5.74) is 6.13. The van der Waals surface area contributed by atoms with E-state index >= 15 is 0 Å². The van der Waals surface area contributed by atoms with Crippen LogP contribution in [0.15, 0.2) is 0 Å². The van der Waals surface area contributed by atoms with Crippen LogP contribution in [0.25, 0.3) is 0 Å². The summed E-state index contributed by atoms with van der Waals surface area (Å²) >= 11 is 0. The summed E-state index contributed by atoms with van der Waals surface area (Å²) in [6.45, 7) is 0.773. The van der Waals surface area contributed by atoms with E-state index in [-0.39, 0.29) is 17.6 Å². The predicted octanol–water partition coefficient (Wildman–Crippen LogP) is 2.03. The molecule has 17 heavy (non-hydrogen) atoms. The van der Waals surface area contributed by atoms with Crippen LogP contribution in [0.5, 0.6) is 0 Å². The van der Waals surface area contributed by atoms with E-state index in [4.69, 9.17) is 10.5 Å². The molecule has 1 saturated heterocycles. The second kappa shape index (κ2) is 4.36. The maximum absolute atomic E-state index is 12.2. The molecule has 0 aromatic carbocycles. The van der Waals surface area contributed by atoms with E-state index in [1.165, 1.54) is 19.3 Å². The molecule has 0 radical (unpaired) electrons. The molecule has 3 nitrogen and oxygen atoms in total. The molecule has 1 heterocycles. The normalized spacial score (nSPS) is 33.1. The van der Waals surface area contributed by atoms with Crippen LogP contribution in [0.3, 0.4) is 0 Å². The molecule has 2 saturated carbocycles. The molecule has 0 amide bonds. The monoisotopic (exact) mass is 237 g/mol. The van der Waals surface area contributed by atoms with Crippen LogP contribution >= 0.6 is 0 Å². The second-order valence-electron chi connectivity index (χ2n) is 6.25. The van der Waals surface area contributed by atoms with E-state index in [1.807, 2.05) is 0 Å². The maximum atomic E-state index is 12.2. The predicted molar refractivity (Wildman–Crippen MR) is 65.6 cm³/mol. The fourth-order valence-electron chi connectivity index (χ4n) is 3.31. The van der Waals surface area contributed by atoms with Crippen LogP contribution in [0, 0.1) is 11.8 Å². The summed E-state index contributed by atoms with van der Waals surface area (Å²) in [4.78, 5) is 12.2. The van der Waals surface area contributed by atoms with Gasteiger partial charge in [-0.05, 0) is 50.9 Å². The van der Waals surface area contributed by atoms with Gasteiger partial charge in [0.1, 0.15) is 5.78 Å². The van der Waals surface area contributed by atoms with Crippen molar-refractivity contribution in [3.05, 3.63) is 0 Å². The van der Waals surface area contributed by atoms with Gasteiger partial charge in [0.15, 0.2) is 0 Å². The van der Waals surface area contributed by atoms with Gasteiger partial charge < -0.3 is 10.5 Å². The van der Waals surface area contributed by atoms with Gasteiger partial charge >= 0.3 is 0 Å². The Labute approximate surface area is 103 Å². The maximum Gasteiger partial charge on any atom is 0.137 e. The van der Waals surface area contributed by atoms with Crippen LogP contribution in [0.4, 0.5) is 0 Å². The Morgan fingerprint density at radius 2 is 2.12 bits per heavy atom. The lowest BCUT2D eigenvalue weighted by molar-refractivity contribution is -0.155. The molecule has 0 aromatic rings. The number of Topliss-reactive ketones (excluding diaryl/α,β-unsaturated/α-hetero) is 1. The van der Waals surface area contributed by atoms with Crippen LogP contribution < -0.4 is 5.73 Å². The number of rotatable bonds is 4. The van der Waals surface area contributed by atoms with E-state index in [0.29, 0.717) is 18.1 Å². The van der Waals surface area contributed by atoms with Crippen molar-refractivity contribution in [1.29, 1.82) is 0 Å². The zero-order chi connectivity index (χ0) is 11.9. The molecule has 2 atom stereocenters. The van der Waals surface area contributed by atoms with E-state index < -0.39 is 0 Å². The molecule has 3 aliphatic rings. The van der Waals surface area contributed by atoms with Gasteiger partial charge in [-0.3, -0.25) is 4.79 Å². The quantitative estimate of drug-likeness (QED) is 0.814. The van der Waals surface area contributed by atoms with Crippen molar-refractivity contribution >= 4 is 5.78 Å².